The van der Waals surface area contributed by atoms with Crippen molar-refractivity contribution in [2.45, 2.75) is 24.3 Å². The third kappa shape index (κ3) is 5.79. The third-order valence-corrected chi connectivity index (χ3v) is 7.01. The van der Waals surface area contributed by atoms with Gasteiger partial charge in [-0.2, -0.15) is 0 Å². The molecule has 0 aliphatic heterocycles. The smallest absolute Gasteiger partial charge is 0.264 e. The van der Waals surface area contributed by atoms with Crippen molar-refractivity contribution >= 4 is 44.8 Å². The molecule has 31 heavy (non-hydrogen) atoms. The van der Waals surface area contributed by atoms with Crippen LogP contribution < -0.4 is 9.62 Å². The van der Waals surface area contributed by atoms with Crippen LogP contribution in [0.15, 0.2) is 83.8 Å². The maximum Gasteiger partial charge on any atom is 0.264 e. The highest BCUT2D eigenvalue weighted by molar-refractivity contribution is 7.92. The van der Waals surface area contributed by atoms with Gasteiger partial charge in [-0.05, 0) is 54.4 Å². The number of sulfonamides is 1. The topological polar surface area (TPSA) is 66.5 Å². The molecule has 0 bridgehead atoms. The summed E-state index contributed by atoms with van der Waals surface area (Å²) in [5.41, 5.74) is 1.25. The summed E-state index contributed by atoms with van der Waals surface area (Å²) in [6, 6.07) is 21.5. The summed E-state index contributed by atoms with van der Waals surface area (Å²) in [4.78, 5) is 12.9. The van der Waals surface area contributed by atoms with E-state index in [9.17, 15) is 13.2 Å². The molecule has 8 heteroatoms. The molecule has 3 aromatic rings. The fourth-order valence-electron chi connectivity index (χ4n) is 3.16. The highest BCUT2D eigenvalue weighted by Crippen LogP contribution is 2.27. The molecule has 1 amide bonds. The first-order valence-electron chi connectivity index (χ1n) is 9.69. The van der Waals surface area contributed by atoms with Gasteiger partial charge < -0.3 is 5.32 Å². The summed E-state index contributed by atoms with van der Waals surface area (Å²) in [5, 5.41) is 3.71. The number of halogens is 2. The maximum absolute atomic E-state index is 13.4. The van der Waals surface area contributed by atoms with Gasteiger partial charge in [-0.25, -0.2) is 8.42 Å². The zero-order chi connectivity index (χ0) is 22.4. The van der Waals surface area contributed by atoms with E-state index in [0.717, 1.165) is 9.87 Å². The minimum absolute atomic E-state index is 0.0276. The van der Waals surface area contributed by atoms with E-state index in [4.69, 9.17) is 23.2 Å². The molecular formula is C23H22Cl2N2O3S. The highest BCUT2D eigenvalue weighted by atomic mass is 35.5. The van der Waals surface area contributed by atoms with Gasteiger partial charge in [0.15, 0.2) is 0 Å². The number of anilines is 1. The van der Waals surface area contributed by atoms with Crippen LogP contribution in [-0.2, 0) is 14.8 Å². The van der Waals surface area contributed by atoms with Crippen molar-refractivity contribution in [3.05, 3.63) is 94.5 Å². The Kier molecular flexibility index (Phi) is 7.59. The predicted molar refractivity (Wildman–Crippen MR) is 125 cm³/mol. The second-order valence-electron chi connectivity index (χ2n) is 6.88. The molecule has 162 valence electrons. The van der Waals surface area contributed by atoms with Crippen LogP contribution in [0, 0.1) is 0 Å². The van der Waals surface area contributed by atoms with E-state index in [1.54, 1.807) is 18.2 Å². The normalized spacial score (nSPS) is 12.2. The first-order chi connectivity index (χ1) is 14.8. The molecule has 0 radical (unpaired) electrons. The van der Waals surface area contributed by atoms with Gasteiger partial charge in [0.25, 0.3) is 10.0 Å². The Balaban J connectivity index is 1.91. The Labute approximate surface area is 192 Å². The Morgan fingerprint density at radius 3 is 2.23 bits per heavy atom. The lowest BCUT2D eigenvalue weighted by Crippen LogP contribution is -2.42. The number of amides is 1. The number of hydrogen-bond donors (Lipinski definition) is 1. The van der Waals surface area contributed by atoms with Crippen LogP contribution in [0.25, 0.3) is 0 Å². The van der Waals surface area contributed by atoms with Gasteiger partial charge in [0, 0.05) is 10.0 Å². The summed E-state index contributed by atoms with van der Waals surface area (Å²) in [6.45, 7) is 1.56. The molecule has 0 heterocycles. The van der Waals surface area contributed by atoms with E-state index in [1.165, 1.54) is 30.3 Å². The predicted octanol–water partition coefficient (Wildman–Crippen LogP) is 5.46. The zero-order valence-corrected chi connectivity index (χ0v) is 19.2. The van der Waals surface area contributed by atoms with Gasteiger partial charge in [0.2, 0.25) is 5.91 Å². The number of benzene rings is 3. The van der Waals surface area contributed by atoms with Gasteiger partial charge in [0.1, 0.15) is 6.54 Å². The second-order valence-corrected chi connectivity index (χ2v) is 9.62. The SMILES string of the molecule is CC[C@@H](NC(=O)CN(c1cccc(Cl)c1)S(=O)(=O)c1ccc(Cl)cc1)c1ccccc1. The van der Waals surface area contributed by atoms with E-state index in [-0.39, 0.29) is 10.9 Å². The van der Waals surface area contributed by atoms with Crippen molar-refractivity contribution < 1.29 is 13.2 Å². The number of hydrogen-bond acceptors (Lipinski definition) is 3. The van der Waals surface area contributed by atoms with E-state index in [2.05, 4.69) is 5.32 Å². The van der Waals surface area contributed by atoms with Crippen molar-refractivity contribution in [3.8, 4) is 0 Å². The van der Waals surface area contributed by atoms with E-state index in [1.807, 2.05) is 37.3 Å². The fraction of sp³-hybridized carbons (Fsp3) is 0.174. The van der Waals surface area contributed by atoms with Crippen molar-refractivity contribution in [2.24, 2.45) is 0 Å². The van der Waals surface area contributed by atoms with E-state index < -0.39 is 22.5 Å². The Morgan fingerprint density at radius 1 is 0.935 bits per heavy atom. The first kappa shape index (κ1) is 23.1. The molecule has 0 aliphatic carbocycles. The summed E-state index contributed by atoms with van der Waals surface area (Å²) >= 11 is 12.0. The van der Waals surface area contributed by atoms with Gasteiger partial charge >= 0.3 is 0 Å². The van der Waals surface area contributed by atoms with E-state index in [0.29, 0.717) is 22.2 Å². The number of nitrogens with zero attached hydrogens (tertiary/aromatic N) is 1. The lowest BCUT2D eigenvalue weighted by molar-refractivity contribution is -0.120. The molecule has 1 atom stereocenters. The molecule has 3 rings (SSSR count). The van der Waals surface area contributed by atoms with Crippen LogP contribution in [0.1, 0.15) is 24.9 Å². The quantitative estimate of drug-likeness (QED) is 0.469. The number of nitrogens with one attached hydrogen (secondary N) is 1. The molecule has 0 fully saturated rings. The van der Waals surface area contributed by atoms with Crippen molar-refractivity contribution in [3.63, 3.8) is 0 Å². The Hall–Kier alpha value is -2.54. The van der Waals surface area contributed by atoms with Crippen LogP contribution in [0.4, 0.5) is 5.69 Å². The number of carbonyl (C=O) groups is 1. The molecule has 0 aromatic heterocycles. The van der Waals surface area contributed by atoms with Gasteiger partial charge in [0.05, 0.1) is 16.6 Å². The molecule has 0 aliphatic rings. The molecule has 3 aromatic carbocycles. The Bertz CT molecular complexity index is 1140. The van der Waals surface area contributed by atoms with Crippen LogP contribution in [0.3, 0.4) is 0 Å². The van der Waals surface area contributed by atoms with Gasteiger partial charge in [-0.1, -0.05) is 66.5 Å². The molecule has 0 saturated heterocycles. The third-order valence-electron chi connectivity index (χ3n) is 4.73. The first-order valence-corrected chi connectivity index (χ1v) is 11.9. The van der Waals surface area contributed by atoms with E-state index >= 15 is 0 Å². The summed E-state index contributed by atoms with van der Waals surface area (Å²) in [7, 11) is -4.03. The molecule has 0 spiro atoms. The van der Waals surface area contributed by atoms with Crippen LogP contribution in [0.5, 0.6) is 0 Å². The molecule has 1 N–H and O–H groups in total. The standard InChI is InChI=1S/C23H22Cl2N2O3S/c1-2-22(17-7-4-3-5-8-17)26-23(28)16-27(20-10-6-9-19(25)15-20)31(29,30)21-13-11-18(24)12-14-21/h3-15,22H,2,16H2,1H3,(H,26,28)/t22-/m1/s1. The lowest BCUT2D eigenvalue weighted by atomic mass is 10.0. The minimum Gasteiger partial charge on any atom is -0.348 e. The second kappa shape index (κ2) is 10.2. The van der Waals surface area contributed by atoms with Crippen molar-refractivity contribution in [1.29, 1.82) is 0 Å². The molecular weight excluding hydrogens is 455 g/mol. The maximum atomic E-state index is 13.4. The molecule has 0 unspecified atom stereocenters. The van der Waals surface area contributed by atoms with Crippen molar-refractivity contribution in [1.82, 2.24) is 5.32 Å². The minimum atomic E-state index is -4.03. The monoisotopic (exact) mass is 476 g/mol. The summed E-state index contributed by atoms with van der Waals surface area (Å²) in [6.07, 6.45) is 0.664. The summed E-state index contributed by atoms with van der Waals surface area (Å²) < 4.78 is 27.8. The lowest BCUT2D eigenvalue weighted by Gasteiger charge is -2.26. The number of carbonyl (C=O) groups excluding carboxylic acids is 1. The van der Waals surface area contributed by atoms with Gasteiger partial charge in [-0.3, -0.25) is 9.10 Å². The van der Waals surface area contributed by atoms with Crippen molar-refractivity contribution in [2.75, 3.05) is 10.8 Å². The summed E-state index contributed by atoms with van der Waals surface area (Å²) in [5.74, 6) is -0.423. The highest BCUT2D eigenvalue weighted by Gasteiger charge is 2.28. The van der Waals surface area contributed by atoms with Gasteiger partial charge in [-0.15, -0.1) is 0 Å². The van der Waals surface area contributed by atoms with Crippen LogP contribution >= 0.6 is 23.2 Å². The average molecular weight is 477 g/mol. The number of rotatable bonds is 8. The van der Waals surface area contributed by atoms with Crippen LogP contribution in [0.2, 0.25) is 10.0 Å². The van der Waals surface area contributed by atoms with Crippen LogP contribution in [-0.4, -0.2) is 20.9 Å². The molecule has 0 saturated carbocycles. The largest absolute Gasteiger partial charge is 0.348 e. The Morgan fingerprint density at radius 2 is 1.61 bits per heavy atom. The zero-order valence-electron chi connectivity index (χ0n) is 16.8. The average Bonchev–Trinajstić information content (AvgIpc) is 2.76. The fourth-order valence-corrected chi connectivity index (χ4v) is 4.88. The molecule has 5 nitrogen and oxygen atoms in total.